The molecule has 1 fully saturated rings. The summed E-state index contributed by atoms with van der Waals surface area (Å²) in [7, 11) is 0. The first-order valence-electron chi connectivity index (χ1n) is 14.3. The van der Waals surface area contributed by atoms with Crippen LogP contribution >= 0.6 is 0 Å². The van der Waals surface area contributed by atoms with E-state index in [0.29, 0.717) is 11.6 Å². The molecule has 3 heterocycles. The fraction of sp³-hybridized carbons (Fsp3) is 0.469. The van der Waals surface area contributed by atoms with E-state index in [9.17, 15) is 9.59 Å². The zero-order valence-corrected chi connectivity index (χ0v) is 22.6. The highest BCUT2D eigenvalue weighted by atomic mass is 16.2. The van der Waals surface area contributed by atoms with E-state index in [1.807, 2.05) is 46.2 Å². The monoisotopic (exact) mass is 512 g/mol. The summed E-state index contributed by atoms with van der Waals surface area (Å²) in [6, 6.07) is 18.8. The Morgan fingerprint density at radius 1 is 0.816 bits per heavy atom. The number of nitrogens with zero attached hydrogens (tertiary/aromatic N) is 4. The summed E-state index contributed by atoms with van der Waals surface area (Å²) in [5, 5.41) is 1.00. The minimum absolute atomic E-state index is 0.0779. The van der Waals surface area contributed by atoms with Gasteiger partial charge < -0.3 is 9.80 Å². The predicted octanol–water partition coefficient (Wildman–Crippen LogP) is 6.05. The summed E-state index contributed by atoms with van der Waals surface area (Å²) in [5.41, 5.74) is 3.86. The lowest BCUT2D eigenvalue weighted by molar-refractivity contribution is -0.116. The molecule has 1 aromatic heterocycles. The highest BCUT2D eigenvalue weighted by molar-refractivity contribution is 5.97. The normalized spacial score (nSPS) is 18.8. The van der Waals surface area contributed by atoms with Crippen LogP contribution in [-0.2, 0) is 11.3 Å². The van der Waals surface area contributed by atoms with Gasteiger partial charge >= 0.3 is 0 Å². The summed E-state index contributed by atoms with van der Waals surface area (Å²) >= 11 is 0. The number of hydrogen-bond donors (Lipinski definition) is 0. The molecule has 38 heavy (non-hydrogen) atoms. The number of pyridine rings is 1. The third-order valence-corrected chi connectivity index (χ3v) is 8.22. The number of carbonyl (C=O) groups excluding carboxylic acids is 2. The van der Waals surface area contributed by atoms with Crippen molar-refractivity contribution in [2.75, 3.05) is 31.1 Å². The lowest BCUT2D eigenvalue weighted by atomic mass is 10.00. The van der Waals surface area contributed by atoms with Gasteiger partial charge in [-0.3, -0.25) is 19.5 Å². The van der Waals surface area contributed by atoms with Gasteiger partial charge in [0.2, 0.25) is 5.91 Å². The molecule has 0 saturated carbocycles. The first-order chi connectivity index (χ1) is 18.6. The summed E-state index contributed by atoms with van der Waals surface area (Å²) in [5.74, 6) is 0.197. The molecule has 0 bridgehead atoms. The number of benzene rings is 2. The topological polar surface area (TPSA) is 56.8 Å². The SMILES string of the molecule is CC(=O)N1CCCCCCCCN(C2CCN(C(=O)c3cnc4ccccc4c3)CC2)Cc2ccccc21. The molecule has 0 unspecified atom stereocenters. The second-order valence-electron chi connectivity index (χ2n) is 10.8. The highest BCUT2D eigenvalue weighted by Crippen LogP contribution is 2.28. The molecule has 5 rings (SSSR count). The molecule has 2 aliphatic heterocycles. The van der Waals surface area contributed by atoms with Crippen LogP contribution in [0.25, 0.3) is 10.9 Å². The standard InChI is InChI=1S/C32H40N4O2/c1-25(37)36-19-11-5-3-2-4-10-18-35(24-27-13-7-9-15-31(27)36)29-16-20-34(21-17-29)32(38)28-22-26-12-6-8-14-30(26)33-23-28/h6-9,12-15,22-23,29H,2-5,10-11,16-21,24H2,1H3. The number of fused-ring (bicyclic) bond motifs is 2. The van der Waals surface area contributed by atoms with E-state index >= 15 is 0 Å². The molecule has 6 nitrogen and oxygen atoms in total. The van der Waals surface area contributed by atoms with Gasteiger partial charge in [-0.05, 0) is 56.0 Å². The third-order valence-electron chi connectivity index (χ3n) is 8.22. The molecular weight excluding hydrogens is 472 g/mol. The quantitative estimate of drug-likeness (QED) is 0.420. The molecule has 200 valence electrons. The Balaban J connectivity index is 1.29. The fourth-order valence-corrected chi connectivity index (χ4v) is 6.06. The summed E-state index contributed by atoms with van der Waals surface area (Å²) in [4.78, 5) is 37.0. The third kappa shape index (κ3) is 6.24. The largest absolute Gasteiger partial charge is 0.338 e. The van der Waals surface area contributed by atoms with Crippen molar-refractivity contribution in [3.05, 3.63) is 71.9 Å². The Morgan fingerprint density at radius 3 is 2.29 bits per heavy atom. The number of aromatic nitrogens is 1. The molecule has 1 saturated heterocycles. The van der Waals surface area contributed by atoms with Crippen LogP contribution in [0.5, 0.6) is 0 Å². The van der Waals surface area contributed by atoms with Crippen molar-refractivity contribution >= 4 is 28.4 Å². The average Bonchev–Trinajstić information content (AvgIpc) is 2.97. The van der Waals surface area contributed by atoms with Crippen LogP contribution in [0.3, 0.4) is 0 Å². The lowest BCUT2D eigenvalue weighted by Gasteiger charge is -2.39. The van der Waals surface area contributed by atoms with Gasteiger partial charge in [-0.2, -0.15) is 0 Å². The van der Waals surface area contributed by atoms with E-state index in [2.05, 4.69) is 28.1 Å². The first-order valence-corrected chi connectivity index (χ1v) is 14.3. The van der Waals surface area contributed by atoms with E-state index in [4.69, 9.17) is 0 Å². The van der Waals surface area contributed by atoms with Crippen molar-refractivity contribution in [1.29, 1.82) is 0 Å². The molecule has 0 N–H and O–H groups in total. The fourth-order valence-electron chi connectivity index (χ4n) is 6.06. The Hall–Kier alpha value is -3.25. The molecule has 2 amide bonds. The van der Waals surface area contributed by atoms with Gasteiger partial charge in [0.25, 0.3) is 5.91 Å². The van der Waals surface area contributed by atoms with Crippen LogP contribution in [0.4, 0.5) is 5.69 Å². The molecular formula is C32H40N4O2. The van der Waals surface area contributed by atoms with Crippen LogP contribution in [0.2, 0.25) is 0 Å². The van der Waals surface area contributed by atoms with Gasteiger partial charge in [0.1, 0.15) is 0 Å². The zero-order valence-electron chi connectivity index (χ0n) is 22.6. The molecule has 0 atom stereocenters. The maximum atomic E-state index is 13.3. The zero-order chi connectivity index (χ0) is 26.3. The van der Waals surface area contributed by atoms with Crippen molar-refractivity contribution in [1.82, 2.24) is 14.8 Å². The van der Waals surface area contributed by atoms with Crippen molar-refractivity contribution in [2.45, 2.75) is 70.9 Å². The number of rotatable bonds is 2. The molecule has 3 aromatic rings. The number of hydrogen-bond acceptors (Lipinski definition) is 4. The molecule has 6 heteroatoms. The van der Waals surface area contributed by atoms with E-state index < -0.39 is 0 Å². The summed E-state index contributed by atoms with van der Waals surface area (Å²) in [6.45, 7) is 5.89. The number of piperidine rings is 1. The Bertz CT molecular complexity index is 1250. The van der Waals surface area contributed by atoms with E-state index in [1.165, 1.54) is 37.7 Å². The minimum atomic E-state index is 0.0779. The summed E-state index contributed by atoms with van der Waals surface area (Å²) < 4.78 is 0. The molecule has 0 spiro atoms. The smallest absolute Gasteiger partial charge is 0.255 e. The Morgan fingerprint density at radius 2 is 1.50 bits per heavy atom. The van der Waals surface area contributed by atoms with Gasteiger partial charge in [-0.15, -0.1) is 0 Å². The van der Waals surface area contributed by atoms with E-state index in [0.717, 1.165) is 68.6 Å². The average molecular weight is 513 g/mol. The Kier molecular flexibility index (Phi) is 8.69. The highest BCUT2D eigenvalue weighted by Gasteiger charge is 2.28. The molecule has 0 radical (unpaired) electrons. The van der Waals surface area contributed by atoms with Crippen LogP contribution in [0, 0.1) is 0 Å². The first kappa shape index (κ1) is 26.4. The number of para-hydroxylation sites is 2. The molecule has 2 aliphatic rings. The van der Waals surface area contributed by atoms with Gasteiger partial charge in [-0.1, -0.05) is 62.1 Å². The number of likely N-dealkylation sites (tertiary alicyclic amines) is 1. The van der Waals surface area contributed by atoms with E-state index in [1.54, 1.807) is 13.1 Å². The minimum Gasteiger partial charge on any atom is -0.338 e. The molecule has 0 aliphatic carbocycles. The maximum Gasteiger partial charge on any atom is 0.255 e. The van der Waals surface area contributed by atoms with Gasteiger partial charge in [0.15, 0.2) is 0 Å². The van der Waals surface area contributed by atoms with Gasteiger partial charge in [0.05, 0.1) is 11.1 Å². The van der Waals surface area contributed by atoms with Crippen molar-refractivity contribution in [3.63, 3.8) is 0 Å². The van der Waals surface area contributed by atoms with Crippen molar-refractivity contribution in [3.8, 4) is 0 Å². The van der Waals surface area contributed by atoms with Crippen LogP contribution in [-0.4, -0.2) is 58.8 Å². The predicted molar refractivity (Wildman–Crippen MR) is 153 cm³/mol. The van der Waals surface area contributed by atoms with Crippen LogP contribution < -0.4 is 4.90 Å². The second-order valence-corrected chi connectivity index (χ2v) is 10.8. The molecule has 2 aromatic carbocycles. The summed E-state index contributed by atoms with van der Waals surface area (Å²) in [6.07, 6.45) is 10.8. The van der Waals surface area contributed by atoms with E-state index in [-0.39, 0.29) is 11.8 Å². The number of anilines is 1. The maximum absolute atomic E-state index is 13.3. The van der Waals surface area contributed by atoms with Crippen molar-refractivity contribution in [2.24, 2.45) is 0 Å². The van der Waals surface area contributed by atoms with Crippen molar-refractivity contribution < 1.29 is 9.59 Å². The Labute approximate surface area is 226 Å². The van der Waals surface area contributed by atoms with Gasteiger partial charge in [0, 0.05) is 56.4 Å². The van der Waals surface area contributed by atoms with Gasteiger partial charge in [-0.25, -0.2) is 0 Å². The lowest BCUT2D eigenvalue weighted by Crippen LogP contribution is -2.47. The number of carbonyl (C=O) groups is 2. The van der Waals surface area contributed by atoms with Crippen LogP contribution in [0.15, 0.2) is 60.8 Å². The second kappa shape index (κ2) is 12.5. The van der Waals surface area contributed by atoms with Crippen LogP contribution in [0.1, 0.15) is 74.2 Å². The number of amides is 2.